The van der Waals surface area contributed by atoms with Crippen LogP contribution in [0, 0.1) is 0 Å². The maximum Gasteiger partial charge on any atom is 0.240 e. The van der Waals surface area contributed by atoms with Gasteiger partial charge in [0.1, 0.15) is 6.04 Å². The Balaban J connectivity index is 2.11. The van der Waals surface area contributed by atoms with Crippen molar-refractivity contribution in [2.75, 3.05) is 12.3 Å². The van der Waals surface area contributed by atoms with Gasteiger partial charge in [0.15, 0.2) is 0 Å². The molecule has 0 aromatic heterocycles. The maximum absolute atomic E-state index is 12.0. The molecule has 1 atom stereocenters. The molecule has 5 nitrogen and oxygen atoms in total. The van der Waals surface area contributed by atoms with E-state index < -0.39 is 22.6 Å². The van der Waals surface area contributed by atoms with Gasteiger partial charge in [-0.05, 0) is 16.7 Å². The molecule has 3 aromatic rings. The lowest BCUT2D eigenvalue weighted by Gasteiger charge is -2.36. The summed E-state index contributed by atoms with van der Waals surface area (Å²) in [5.41, 5.74) is 14.2. The number of hydrogen-bond donors (Lipinski definition) is 3. The monoisotopic (exact) mass is 419 g/mol. The first-order valence-electron chi connectivity index (χ1n) is 9.67. The van der Waals surface area contributed by atoms with E-state index in [9.17, 15) is 9.59 Å². The molecule has 0 saturated carbocycles. The summed E-state index contributed by atoms with van der Waals surface area (Å²) in [6.07, 6.45) is 0. The Morgan fingerprint density at radius 3 is 1.53 bits per heavy atom. The molecule has 30 heavy (non-hydrogen) atoms. The van der Waals surface area contributed by atoms with Crippen molar-refractivity contribution < 1.29 is 9.59 Å². The molecule has 154 valence electrons. The molecule has 0 spiro atoms. The average molecular weight is 420 g/mol. The van der Waals surface area contributed by atoms with E-state index in [2.05, 4.69) is 41.7 Å². The van der Waals surface area contributed by atoms with Gasteiger partial charge in [-0.2, -0.15) is 0 Å². The van der Waals surface area contributed by atoms with Crippen molar-refractivity contribution in [3.8, 4) is 0 Å². The molecule has 2 amide bonds. The quantitative estimate of drug-likeness (QED) is 0.465. The van der Waals surface area contributed by atoms with E-state index in [1.54, 1.807) is 11.8 Å². The molecule has 0 aliphatic heterocycles. The fraction of sp³-hybridized carbons (Fsp3) is 0.167. The second-order valence-corrected chi connectivity index (χ2v) is 8.05. The minimum Gasteiger partial charge on any atom is -0.368 e. The van der Waals surface area contributed by atoms with Gasteiger partial charge in [0.2, 0.25) is 11.8 Å². The highest BCUT2D eigenvalue weighted by Gasteiger charge is 2.38. The van der Waals surface area contributed by atoms with Crippen LogP contribution in [0.25, 0.3) is 0 Å². The van der Waals surface area contributed by atoms with E-state index in [-0.39, 0.29) is 6.54 Å². The molecule has 1 unspecified atom stereocenters. The number of primary amides is 1. The van der Waals surface area contributed by atoms with E-state index in [1.807, 2.05) is 54.6 Å². The maximum atomic E-state index is 12.0. The Morgan fingerprint density at radius 1 is 0.800 bits per heavy atom. The second-order valence-electron chi connectivity index (χ2n) is 6.82. The van der Waals surface area contributed by atoms with Crippen molar-refractivity contribution >= 4 is 23.6 Å². The van der Waals surface area contributed by atoms with Crippen LogP contribution in [0.4, 0.5) is 0 Å². The lowest BCUT2D eigenvalue weighted by atomic mass is 9.84. The summed E-state index contributed by atoms with van der Waals surface area (Å²) in [4.78, 5) is 23.8. The van der Waals surface area contributed by atoms with Gasteiger partial charge in [0, 0.05) is 5.75 Å². The van der Waals surface area contributed by atoms with Crippen LogP contribution in [0.2, 0.25) is 0 Å². The smallest absolute Gasteiger partial charge is 0.240 e. The minimum atomic E-state index is -0.832. The van der Waals surface area contributed by atoms with Crippen molar-refractivity contribution in [2.45, 2.75) is 10.8 Å². The number of nitrogens with one attached hydrogen (secondary N) is 1. The first-order chi connectivity index (χ1) is 14.6. The van der Waals surface area contributed by atoms with E-state index in [0.717, 1.165) is 16.7 Å². The lowest BCUT2D eigenvalue weighted by molar-refractivity contribution is -0.126. The lowest BCUT2D eigenvalue weighted by Crippen LogP contribution is -2.48. The summed E-state index contributed by atoms with van der Waals surface area (Å²) in [5.74, 6) is -0.712. The Hall–Kier alpha value is -3.09. The zero-order valence-electron chi connectivity index (χ0n) is 16.5. The fourth-order valence-corrected chi connectivity index (χ4v) is 5.00. The molecular formula is C24H25N3O2S. The number of hydrogen-bond acceptors (Lipinski definition) is 4. The SMILES string of the molecule is NCC(=O)NC(CSC(c1ccccc1)(c1ccccc1)c1ccccc1)C(N)=O. The standard InChI is InChI=1S/C24H25N3O2S/c25-16-22(28)27-21(23(26)29)17-30-24(18-10-4-1-5-11-18,19-12-6-2-7-13-19)20-14-8-3-9-15-20/h1-15,21H,16-17,25H2,(H2,26,29)(H,27,28). The summed E-state index contributed by atoms with van der Waals surface area (Å²) in [6.45, 7) is -0.199. The molecule has 0 bridgehead atoms. The number of benzene rings is 3. The van der Waals surface area contributed by atoms with Crippen LogP contribution >= 0.6 is 11.8 Å². The summed E-state index contributed by atoms with van der Waals surface area (Å²) in [5, 5.41) is 2.63. The number of nitrogens with two attached hydrogens (primary N) is 2. The number of amides is 2. The highest BCUT2D eigenvalue weighted by atomic mass is 32.2. The van der Waals surface area contributed by atoms with Gasteiger partial charge in [0.25, 0.3) is 0 Å². The first-order valence-corrected chi connectivity index (χ1v) is 10.7. The third-order valence-electron chi connectivity index (χ3n) is 4.87. The Bertz CT molecular complexity index is 869. The number of thioether (sulfide) groups is 1. The van der Waals surface area contributed by atoms with Crippen molar-refractivity contribution in [1.29, 1.82) is 0 Å². The van der Waals surface area contributed by atoms with Crippen molar-refractivity contribution in [3.63, 3.8) is 0 Å². The molecule has 3 aromatic carbocycles. The van der Waals surface area contributed by atoms with Gasteiger partial charge in [0.05, 0.1) is 11.3 Å². The Labute approximate surface area is 180 Å². The van der Waals surface area contributed by atoms with Crippen LogP contribution in [0.3, 0.4) is 0 Å². The molecule has 0 heterocycles. The van der Waals surface area contributed by atoms with Crippen LogP contribution < -0.4 is 16.8 Å². The zero-order chi connectivity index (χ0) is 21.4. The average Bonchev–Trinajstić information content (AvgIpc) is 2.80. The number of carbonyl (C=O) groups excluding carboxylic acids is 2. The Morgan fingerprint density at radius 2 is 1.20 bits per heavy atom. The highest BCUT2D eigenvalue weighted by molar-refractivity contribution is 8.00. The fourth-order valence-electron chi connectivity index (χ4n) is 3.43. The third-order valence-corrected chi connectivity index (χ3v) is 6.51. The predicted molar refractivity (Wildman–Crippen MR) is 122 cm³/mol. The van der Waals surface area contributed by atoms with Crippen LogP contribution in [-0.2, 0) is 14.3 Å². The van der Waals surface area contributed by atoms with E-state index in [0.29, 0.717) is 5.75 Å². The van der Waals surface area contributed by atoms with Gasteiger partial charge < -0.3 is 16.8 Å². The normalized spacial score (nSPS) is 12.2. The topological polar surface area (TPSA) is 98.2 Å². The van der Waals surface area contributed by atoms with Crippen LogP contribution in [-0.4, -0.2) is 30.2 Å². The molecule has 0 radical (unpaired) electrons. The molecule has 0 saturated heterocycles. The Kier molecular flexibility index (Phi) is 7.27. The predicted octanol–water partition coefficient (Wildman–Crippen LogP) is 2.64. The van der Waals surface area contributed by atoms with Crippen molar-refractivity contribution in [2.24, 2.45) is 11.5 Å². The molecule has 0 aliphatic rings. The largest absolute Gasteiger partial charge is 0.368 e. The van der Waals surface area contributed by atoms with Gasteiger partial charge >= 0.3 is 0 Å². The van der Waals surface area contributed by atoms with Gasteiger partial charge in [-0.3, -0.25) is 9.59 Å². The van der Waals surface area contributed by atoms with Gasteiger partial charge in [-0.15, -0.1) is 11.8 Å². The summed E-state index contributed by atoms with van der Waals surface area (Å²) in [7, 11) is 0. The van der Waals surface area contributed by atoms with Crippen LogP contribution in [0.1, 0.15) is 16.7 Å². The van der Waals surface area contributed by atoms with Gasteiger partial charge in [-0.1, -0.05) is 91.0 Å². The zero-order valence-corrected chi connectivity index (χ0v) is 17.3. The third kappa shape index (κ3) is 4.72. The summed E-state index contributed by atoms with van der Waals surface area (Å²) in [6, 6.07) is 29.5. The molecule has 0 aliphatic carbocycles. The van der Waals surface area contributed by atoms with Crippen molar-refractivity contribution in [3.05, 3.63) is 108 Å². The summed E-state index contributed by atoms with van der Waals surface area (Å²) >= 11 is 1.56. The molecule has 0 fully saturated rings. The van der Waals surface area contributed by atoms with E-state index >= 15 is 0 Å². The van der Waals surface area contributed by atoms with E-state index in [1.165, 1.54) is 0 Å². The number of rotatable bonds is 9. The molecule has 3 rings (SSSR count). The minimum absolute atomic E-state index is 0.199. The second kappa shape index (κ2) is 10.1. The molecular weight excluding hydrogens is 394 g/mol. The van der Waals surface area contributed by atoms with E-state index in [4.69, 9.17) is 11.5 Å². The highest BCUT2D eigenvalue weighted by Crippen LogP contribution is 2.48. The first kappa shape index (κ1) is 21.6. The van der Waals surface area contributed by atoms with Crippen LogP contribution in [0.15, 0.2) is 91.0 Å². The van der Waals surface area contributed by atoms with Crippen molar-refractivity contribution in [1.82, 2.24) is 5.32 Å². The van der Waals surface area contributed by atoms with Gasteiger partial charge in [-0.25, -0.2) is 0 Å². The number of carbonyl (C=O) groups is 2. The molecule has 5 N–H and O–H groups in total. The molecule has 6 heteroatoms. The van der Waals surface area contributed by atoms with Crippen LogP contribution in [0.5, 0.6) is 0 Å². The summed E-state index contributed by atoms with van der Waals surface area (Å²) < 4.78 is -0.592.